The van der Waals surface area contributed by atoms with E-state index in [-0.39, 0.29) is 24.6 Å². The number of rotatable bonds is 4. The van der Waals surface area contributed by atoms with Gasteiger partial charge >= 0.3 is 12.0 Å². The van der Waals surface area contributed by atoms with Gasteiger partial charge in [-0.15, -0.1) is 0 Å². The first kappa shape index (κ1) is 15.1. The Kier molecular flexibility index (Phi) is 5.19. The molecule has 0 aromatic rings. The van der Waals surface area contributed by atoms with Gasteiger partial charge in [-0.2, -0.15) is 0 Å². The zero-order valence-electron chi connectivity index (χ0n) is 11.7. The van der Waals surface area contributed by atoms with Gasteiger partial charge in [0.15, 0.2) is 0 Å². The second kappa shape index (κ2) is 6.90. The van der Waals surface area contributed by atoms with Crippen LogP contribution in [0.3, 0.4) is 0 Å². The van der Waals surface area contributed by atoms with Gasteiger partial charge in [-0.25, -0.2) is 4.79 Å². The summed E-state index contributed by atoms with van der Waals surface area (Å²) in [5.74, 6) is -0.906. The molecule has 3 unspecified atom stereocenters. The van der Waals surface area contributed by atoms with Crippen LogP contribution in [0, 0.1) is 0 Å². The average Bonchev–Trinajstić information content (AvgIpc) is 2.86. The highest BCUT2D eigenvalue weighted by atomic mass is 16.5. The number of carbonyl (C=O) groups excluding carboxylic acids is 1. The Balaban J connectivity index is 1.78. The fourth-order valence-corrected chi connectivity index (χ4v) is 2.77. The lowest BCUT2D eigenvalue weighted by Gasteiger charge is -2.33. The van der Waals surface area contributed by atoms with Crippen molar-refractivity contribution in [2.45, 2.75) is 43.9 Å². The standard InChI is InChI=1S/C13H22N2O5/c1-19-10-3-2-9(6-10)14-13(18)15-4-5-20-11(8-15)7-12(16)17/h9-11H,2-8H2,1H3,(H,14,18)(H,16,17). The molecule has 2 rings (SSSR count). The fraction of sp³-hybridized carbons (Fsp3) is 0.846. The van der Waals surface area contributed by atoms with Crippen LogP contribution in [0.15, 0.2) is 0 Å². The highest BCUT2D eigenvalue weighted by molar-refractivity contribution is 5.75. The lowest BCUT2D eigenvalue weighted by atomic mass is 10.2. The van der Waals surface area contributed by atoms with Crippen molar-refractivity contribution in [1.82, 2.24) is 10.2 Å². The van der Waals surface area contributed by atoms with Crippen LogP contribution in [0.5, 0.6) is 0 Å². The van der Waals surface area contributed by atoms with E-state index >= 15 is 0 Å². The van der Waals surface area contributed by atoms with E-state index in [1.54, 1.807) is 12.0 Å². The van der Waals surface area contributed by atoms with Crippen LogP contribution >= 0.6 is 0 Å². The van der Waals surface area contributed by atoms with E-state index in [0.717, 1.165) is 19.3 Å². The Bertz CT molecular complexity index is 363. The molecule has 2 amide bonds. The third-order valence-electron chi connectivity index (χ3n) is 3.87. The molecular weight excluding hydrogens is 264 g/mol. The quantitative estimate of drug-likeness (QED) is 0.783. The molecule has 1 saturated carbocycles. The largest absolute Gasteiger partial charge is 0.481 e. The van der Waals surface area contributed by atoms with E-state index < -0.39 is 12.1 Å². The van der Waals surface area contributed by atoms with Crippen LogP contribution in [0.2, 0.25) is 0 Å². The minimum Gasteiger partial charge on any atom is -0.481 e. The Hall–Kier alpha value is -1.34. The molecule has 0 bridgehead atoms. The predicted molar refractivity (Wildman–Crippen MR) is 70.5 cm³/mol. The summed E-state index contributed by atoms with van der Waals surface area (Å²) < 4.78 is 10.6. The Morgan fingerprint density at radius 2 is 2.25 bits per heavy atom. The molecule has 7 heteroatoms. The lowest BCUT2D eigenvalue weighted by molar-refractivity contribution is -0.141. The molecule has 0 spiro atoms. The van der Waals surface area contributed by atoms with Crippen LogP contribution in [-0.2, 0) is 14.3 Å². The molecule has 3 atom stereocenters. The molecule has 2 aliphatic rings. The normalized spacial score (nSPS) is 30.2. The first-order valence-electron chi connectivity index (χ1n) is 7.00. The van der Waals surface area contributed by atoms with Gasteiger partial charge in [-0.1, -0.05) is 0 Å². The summed E-state index contributed by atoms with van der Waals surface area (Å²) in [6, 6.07) is 0.0126. The van der Waals surface area contributed by atoms with Gasteiger partial charge in [0.2, 0.25) is 0 Å². The van der Waals surface area contributed by atoms with Crippen LogP contribution in [0.1, 0.15) is 25.7 Å². The van der Waals surface area contributed by atoms with Gasteiger partial charge in [0.05, 0.1) is 25.2 Å². The van der Waals surface area contributed by atoms with Crippen molar-refractivity contribution in [2.75, 3.05) is 26.8 Å². The topological polar surface area (TPSA) is 88.1 Å². The van der Waals surface area contributed by atoms with Crippen molar-refractivity contribution in [3.63, 3.8) is 0 Å². The molecule has 2 N–H and O–H groups in total. The number of carboxylic acids is 1. The van der Waals surface area contributed by atoms with Crippen LogP contribution < -0.4 is 5.32 Å². The first-order chi connectivity index (χ1) is 9.58. The van der Waals surface area contributed by atoms with Crippen LogP contribution in [0.4, 0.5) is 4.79 Å². The van der Waals surface area contributed by atoms with E-state index in [2.05, 4.69) is 5.32 Å². The van der Waals surface area contributed by atoms with E-state index in [4.69, 9.17) is 14.6 Å². The van der Waals surface area contributed by atoms with Crippen LogP contribution in [-0.4, -0.2) is 67.1 Å². The van der Waals surface area contributed by atoms with E-state index in [0.29, 0.717) is 19.7 Å². The van der Waals surface area contributed by atoms with Crippen molar-refractivity contribution < 1.29 is 24.2 Å². The average molecular weight is 286 g/mol. The number of ether oxygens (including phenoxy) is 2. The van der Waals surface area contributed by atoms with Gasteiger partial charge in [0.1, 0.15) is 0 Å². The Morgan fingerprint density at radius 3 is 2.90 bits per heavy atom. The van der Waals surface area contributed by atoms with Gasteiger partial charge in [-0.05, 0) is 19.3 Å². The summed E-state index contributed by atoms with van der Waals surface area (Å²) in [4.78, 5) is 24.5. The summed E-state index contributed by atoms with van der Waals surface area (Å²) >= 11 is 0. The zero-order chi connectivity index (χ0) is 14.5. The van der Waals surface area contributed by atoms with E-state index in [9.17, 15) is 9.59 Å². The predicted octanol–water partition coefficient (Wildman–Crippen LogP) is 0.439. The summed E-state index contributed by atoms with van der Waals surface area (Å²) in [7, 11) is 1.69. The first-order valence-corrected chi connectivity index (χ1v) is 7.00. The highest BCUT2D eigenvalue weighted by Gasteiger charge is 2.30. The fourth-order valence-electron chi connectivity index (χ4n) is 2.77. The van der Waals surface area contributed by atoms with E-state index in [1.807, 2.05) is 0 Å². The second-order valence-corrected chi connectivity index (χ2v) is 5.35. The summed E-state index contributed by atoms with van der Waals surface area (Å²) in [5, 5.41) is 11.8. The Morgan fingerprint density at radius 1 is 1.45 bits per heavy atom. The summed E-state index contributed by atoms with van der Waals surface area (Å²) in [5.41, 5.74) is 0. The molecular formula is C13H22N2O5. The Labute approximate surface area is 118 Å². The van der Waals surface area contributed by atoms with Gasteiger partial charge in [-0.3, -0.25) is 4.79 Å². The molecule has 1 aliphatic heterocycles. The highest BCUT2D eigenvalue weighted by Crippen LogP contribution is 2.21. The minimum atomic E-state index is -0.906. The van der Waals surface area contributed by atoms with Gasteiger partial charge in [0, 0.05) is 26.2 Å². The molecule has 114 valence electrons. The number of aliphatic carboxylic acids is 1. The third kappa shape index (κ3) is 4.08. The maximum atomic E-state index is 12.2. The number of morpholine rings is 1. The monoisotopic (exact) mass is 286 g/mol. The summed E-state index contributed by atoms with van der Waals surface area (Å²) in [6.45, 7) is 1.22. The number of hydrogen-bond acceptors (Lipinski definition) is 4. The zero-order valence-corrected chi connectivity index (χ0v) is 11.7. The lowest BCUT2D eigenvalue weighted by Crippen LogP contribution is -2.51. The summed E-state index contributed by atoms with van der Waals surface area (Å²) in [6.07, 6.45) is 2.47. The number of methoxy groups -OCH3 is 1. The number of urea groups is 1. The maximum Gasteiger partial charge on any atom is 0.317 e. The molecule has 2 fully saturated rings. The van der Waals surface area contributed by atoms with Crippen molar-refractivity contribution in [2.24, 2.45) is 0 Å². The second-order valence-electron chi connectivity index (χ2n) is 5.35. The molecule has 20 heavy (non-hydrogen) atoms. The number of nitrogens with zero attached hydrogens (tertiary/aromatic N) is 1. The maximum absolute atomic E-state index is 12.2. The SMILES string of the molecule is COC1CCC(NC(=O)N2CCOC(CC(=O)O)C2)C1. The number of nitrogens with one attached hydrogen (secondary N) is 1. The van der Waals surface area contributed by atoms with Crippen LogP contribution in [0.25, 0.3) is 0 Å². The van der Waals surface area contributed by atoms with Gasteiger partial charge in [0.25, 0.3) is 0 Å². The molecule has 0 aromatic carbocycles. The molecule has 1 saturated heterocycles. The molecule has 7 nitrogen and oxygen atoms in total. The van der Waals surface area contributed by atoms with Crippen molar-refractivity contribution >= 4 is 12.0 Å². The van der Waals surface area contributed by atoms with E-state index in [1.165, 1.54) is 0 Å². The van der Waals surface area contributed by atoms with Gasteiger partial charge < -0.3 is 24.8 Å². The van der Waals surface area contributed by atoms with Crippen molar-refractivity contribution in [3.05, 3.63) is 0 Å². The van der Waals surface area contributed by atoms with Crippen molar-refractivity contribution in [3.8, 4) is 0 Å². The number of carbonyl (C=O) groups is 2. The number of amides is 2. The molecule has 0 radical (unpaired) electrons. The molecule has 1 heterocycles. The number of hydrogen-bond donors (Lipinski definition) is 2. The number of carboxylic acid groups (broad SMARTS) is 1. The third-order valence-corrected chi connectivity index (χ3v) is 3.87. The molecule has 1 aliphatic carbocycles. The smallest absolute Gasteiger partial charge is 0.317 e. The molecule has 0 aromatic heterocycles. The van der Waals surface area contributed by atoms with Crippen molar-refractivity contribution in [1.29, 1.82) is 0 Å². The minimum absolute atomic E-state index is 0.0705.